The highest BCUT2D eigenvalue weighted by atomic mass is 16.2. The third-order valence-corrected chi connectivity index (χ3v) is 5.86. The summed E-state index contributed by atoms with van der Waals surface area (Å²) < 4.78 is 0. The maximum absolute atomic E-state index is 13.0. The van der Waals surface area contributed by atoms with E-state index in [0.29, 0.717) is 23.5 Å². The van der Waals surface area contributed by atoms with Crippen LogP contribution >= 0.6 is 0 Å². The van der Waals surface area contributed by atoms with Gasteiger partial charge in [-0.3, -0.25) is 24.6 Å². The first-order valence-electron chi connectivity index (χ1n) is 11.1. The van der Waals surface area contributed by atoms with Crippen LogP contribution in [0, 0.1) is 0 Å². The summed E-state index contributed by atoms with van der Waals surface area (Å²) in [6, 6.07) is 7.95. The van der Waals surface area contributed by atoms with Crippen LogP contribution in [-0.2, 0) is 24.7 Å². The van der Waals surface area contributed by atoms with E-state index in [-0.39, 0.29) is 6.42 Å². The number of rotatable bonds is 8. The molecule has 1 fully saturated rings. The van der Waals surface area contributed by atoms with Crippen molar-refractivity contribution in [2.24, 2.45) is 0 Å². The van der Waals surface area contributed by atoms with Gasteiger partial charge < -0.3 is 16.0 Å². The molecule has 0 radical (unpaired) electrons. The van der Waals surface area contributed by atoms with Gasteiger partial charge in [0, 0.05) is 6.54 Å². The minimum Gasteiger partial charge on any atom is -0.348 e. The Morgan fingerprint density at radius 1 is 1.06 bits per heavy atom. The number of urea groups is 1. The van der Waals surface area contributed by atoms with Crippen LogP contribution in [0.3, 0.4) is 0 Å². The molecule has 1 aromatic rings. The molecule has 0 bridgehead atoms. The average molecular weight is 456 g/mol. The second-order valence-corrected chi connectivity index (χ2v) is 8.03. The number of nitrogens with one attached hydrogen (secondary N) is 4. The maximum atomic E-state index is 13.0. The molecular weight excluding hydrogens is 426 g/mol. The summed E-state index contributed by atoms with van der Waals surface area (Å²) in [5, 5.41) is 7.96. The monoisotopic (exact) mass is 455 g/mol. The summed E-state index contributed by atoms with van der Waals surface area (Å²) in [5.74, 6) is -3.25. The number of hydrogen-bond donors (Lipinski definition) is 4. The number of carbonyl (C=O) groups excluding carboxylic acids is 5. The molecule has 3 rings (SSSR count). The lowest BCUT2D eigenvalue weighted by molar-refractivity contribution is -0.141. The van der Waals surface area contributed by atoms with E-state index in [1.165, 1.54) is 12.0 Å². The number of benzene rings is 1. The van der Waals surface area contributed by atoms with Crippen molar-refractivity contribution in [2.45, 2.75) is 51.0 Å². The molecule has 1 heterocycles. The fourth-order valence-corrected chi connectivity index (χ4v) is 3.99. The minimum absolute atomic E-state index is 0.280. The number of hydrazine groups is 1. The molecular formula is C23H29N5O5. The van der Waals surface area contributed by atoms with Crippen LogP contribution in [0.15, 0.2) is 42.0 Å². The second-order valence-electron chi connectivity index (χ2n) is 8.03. The van der Waals surface area contributed by atoms with Gasteiger partial charge in [0.15, 0.2) is 0 Å². The SMILES string of the molecule is CC[C@@]1(c2ccccc2)NC(=O)N(NC(=O)CNC(=O)C(=O)NCCC2=CCCCC2)C1=O. The summed E-state index contributed by atoms with van der Waals surface area (Å²) in [6.45, 7) is 1.52. The molecule has 1 aromatic carbocycles. The van der Waals surface area contributed by atoms with E-state index in [1.54, 1.807) is 37.3 Å². The highest BCUT2D eigenvalue weighted by Crippen LogP contribution is 2.31. The molecule has 1 atom stereocenters. The lowest BCUT2D eigenvalue weighted by Crippen LogP contribution is -2.52. The van der Waals surface area contributed by atoms with E-state index in [2.05, 4.69) is 27.5 Å². The van der Waals surface area contributed by atoms with Crippen LogP contribution in [0.1, 0.15) is 51.0 Å². The predicted octanol–water partition coefficient (Wildman–Crippen LogP) is 0.998. The fourth-order valence-electron chi connectivity index (χ4n) is 3.99. The van der Waals surface area contributed by atoms with Crippen LogP contribution in [0.4, 0.5) is 4.79 Å². The van der Waals surface area contributed by atoms with Crippen molar-refractivity contribution >= 4 is 29.7 Å². The molecule has 1 aliphatic heterocycles. The van der Waals surface area contributed by atoms with Crippen LogP contribution < -0.4 is 21.4 Å². The lowest BCUT2D eigenvalue weighted by Gasteiger charge is -2.25. The Labute approximate surface area is 192 Å². The molecule has 33 heavy (non-hydrogen) atoms. The first-order valence-corrected chi connectivity index (χ1v) is 11.1. The Balaban J connectivity index is 1.47. The van der Waals surface area contributed by atoms with Crippen LogP contribution in [-0.4, -0.2) is 47.8 Å². The predicted molar refractivity (Wildman–Crippen MR) is 119 cm³/mol. The Hall–Kier alpha value is -3.69. The second kappa shape index (κ2) is 10.8. The fraction of sp³-hybridized carbons (Fsp3) is 0.435. The molecule has 10 nitrogen and oxygen atoms in total. The third kappa shape index (κ3) is 5.57. The van der Waals surface area contributed by atoms with Crippen LogP contribution in [0.25, 0.3) is 0 Å². The van der Waals surface area contributed by atoms with Gasteiger partial charge in [-0.1, -0.05) is 48.9 Å². The van der Waals surface area contributed by atoms with Crippen molar-refractivity contribution in [3.8, 4) is 0 Å². The molecule has 0 saturated carbocycles. The first kappa shape index (κ1) is 24.0. The van der Waals surface area contributed by atoms with Crippen molar-refractivity contribution < 1.29 is 24.0 Å². The van der Waals surface area contributed by atoms with E-state index in [4.69, 9.17) is 0 Å². The highest BCUT2D eigenvalue weighted by molar-refractivity contribution is 6.35. The van der Waals surface area contributed by atoms with Gasteiger partial charge in [-0.2, -0.15) is 5.01 Å². The van der Waals surface area contributed by atoms with Crippen molar-refractivity contribution in [2.75, 3.05) is 13.1 Å². The zero-order valence-electron chi connectivity index (χ0n) is 18.6. The number of amides is 6. The molecule has 0 aromatic heterocycles. The minimum atomic E-state index is -1.29. The van der Waals surface area contributed by atoms with Gasteiger partial charge >= 0.3 is 17.8 Å². The molecule has 176 valence electrons. The molecule has 1 aliphatic carbocycles. The Bertz CT molecular complexity index is 961. The summed E-state index contributed by atoms with van der Waals surface area (Å²) in [7, 11) is 0. The van der Waals surface area contributed by atoms with E-state index in [1.807, 2.05) is 0 Å². The number of nitrogens with zero attached hydrogens (tertiary/aromatic N) is 1. The Morgan fingerprint density at radius 3 is 2.45 bits per heavy atom. The van der Waals surface area contributed by atoms with Gasteiger partial charge in [-0.05, 0) is 44.1 Å². The van der Waals surface area contributed by atoms with Gasteiger partial charge in [-0.25, -0.2) is 4.79 Å². The highest BCUT2D eigenvalue weighted by Gasteiger charge is 2.52. The number of allylic oxidation sites excluding steroid dienone is 1. The van der Waals surface area contributed by atoms with E-state index >= 15 is 0 Å². The Morgan fingerprint density at radius 2 is 1.79 bits per heavy atom. The molecule has 10 heteroatoms. The standard InChI is InChI=1S/C23H29N5O5/c1-2-23(17-11-7-4-8-12-17)21(32)28(22(33)26-23)27-18(29)15-25-20(31)19(30)24-14-13-16-9-5-3-6-10-16/h4,7-9,11-12H,2-3,5-6,10,13-15H2,1H3,(H,24,30)(H,25,31)(H,26,33)(H,27,29)/t23-/m0/s1. The molecule has 6 amide bonds. The van der Waals surface area contributed by atoms with Gasteiger partial charge in [0.2, 0.25) is 0 Å². The van der Waals surface area contributed by atoms with E-state index in [0.717, 1.165) is 19.3 Å². The third-order valence-electron chi connectivity index (χ3n) is 5.86. The number of imide groups is 1. The zero-order valence-corrected chi connectivity index (χ0v) is 18.6. The summed E-state index contributed by atoms with van der Waals surface area (Å²) in [6.07, 6.45) is 7.50. The number of hydrogen-bond acceptors (Lipinski definition) is 5. The van der Waals surface area contributed by atoms with E-state index < -0.39 is 41.7 Å². The smallest absolute Gasteiger partial charge is 0.344 e. The lowest BCUT2D eigenvalue weighted by atomic mass is 9.87. The van der Waals surface area contributed by atoms with Gasteiger partial charge in [-0.15, -0.1) is 0 Å². The van der Waals surface area contributed by atoms with Crippen LogP contribution in [0.5, 0.6) is 0 Å². The van der Waals surface area contributed by atoms with E-state index in [9.17, 15) is 24.0 Å². The van der Waals surface area contributed by atoms with Crippen molar-refractivity contribution in [1.82, 2.24) is 26.4 Å². The molecule has 4 N–H and O–H groups in total. The van der Waals surface area contributed by atoms with Crippen molar-refractivity contribution in [3.63, 3.8) is 0 Å². The van der Waals surface area contributed by atoms with Gasteiger partial charge in [0.1, 0.15) is 5.54 Å². The quantitative estimate of drug-likeness (QED) is 0.263. The molecule has 2 aliphatic rings. The topological polar surface area (TPSA) is 137 Å². The molecule has 0 spiro atoms. The van der Waals surface area contributed by atoms with Gasteiger partial charge in [0.25, 0.3) is 11.8 Å². The summed E-state index contributed by atoms with van der Waals surface area (Å²) in [4.78, 5) is 61.5. The van der Waals surface area contributed by atoms with Crippen LogP contribution in [0.2, 0.25) is 0 Å². The first-order chi connectivity index (χ1) is 15.9. The van der Waals surface area contributed by atoms with Crippen molar-refractivity contribution in [3.05, 3.63) is 47.5 Å². The Kier molecular flexibility index (Phi) is 7.81. The number of carbonyl (C=O) groups is 5. The van der Waals surface area contributed by atoms with Crippen molar-refractivity contribution in [1.29, 1.82) is 0 Å². The van der Waals surface area contributed by atoms with Gasteiger partial charge in [0.05, 0.1) is 6.54 Å². The zero-order chi connectivity index (χ0) is 23.8. The maximum Gasteiger partial charge on any atom is 0.344 e. The normalized spacial score (nSPS) is 20.0. The molecule has 1 saturated heterocycles. The average Bonchev–Trinajstić information content (AvgIpc) is 3.08. The molecule has 0 unspecified atom stereocenters. The summed E-state index contributed by atoms with van der Waals surface area (Å²) >= 11 is 0. The largest absolute Gasteiger partial charge is 0.348 e. The summed E-state index contributed by atoms with van der Waals surface area (Å²) in [5.41, 5.74) is 2.77.